The lowest BCUT2D eigenvalue weighted by Crippen LogP contribution is -2.47. The number of carbonyl (C=O) groups excluding carboxylic acids is 1. The fraction of sp³-hybridized carbons (Fsp3) is 0.611. The molecule has 0 saturated heterocycles. The maximum atomic E-state index is 14.4. The van der Waals surface area contributed by atoms with Crippen LogP contribution in [0.5, 0.6) is 5.75 Å². The Kier molecular flexibility index (Phi) is 4.60. The zero-order valence-corrected chi connectivity index (χ0v) is 14.8. The van der Waals surface area contributed by atoms with Crippen molar-refractivity contribution in [1.29, 1.82) is 0 Å². The van der Waals surface area contributed by atoms with Crippen LogP contribution in [0.15, 0.2) is 12.1 Å². The first-order chi connectivity index (χ1) is 10.5. The van der Waals surface area contributed by atoms with Crippen LogP contribution >= 0.6 is 0 Å². The van der Waals surface area contributed by atoms with Gasteiger partial charge in [-0.2, -0.15) is 0 Å². The van der Waals surface area contributed by atoms with Gasteiger partial charge in [0.1, 0.15) is 17.2 Å². The molecule has 0 atom stereocenters. The van der Waals surface area contributed by atoms with Crippen LogP contribution in [-0.2, 0) is 16.7 Å². The van der Waals surface area contributed by atoms with Gasteiger partial charge in [-0.05, 0) is 39.8 Å². The van der Waals surface area contributed by atoms with Crippen molar-refractivity contribution in [3.63, 3.8) is 0 Å². The molecule has 4 nitrogen and oxygen atoms in total. The van der Waals surface area contributed by atoms with E-state index < -0.39 is 11.0 Å². The molecule has 1 aliphatic heterocycles. The molecule has 23 heavy (non-hydrogen) atoms. The largest absolute Gasteiger partial charge is 0.494 e. The minimum absolute atomic E-state index is 0.253. The second-order valence-electron chi connectivity index (χ2n) is 7.55. The zero-order chi connectivity index (χ0) is 17.4. The molecule has 2 rings (SSSR count). The van der Waals surface area contributed by atoms with Crippen molar-refractivity contribution < 1.29 is 18.7 Å². The summed E-state index contributed by atoms with van der Waals surface area (Å²) in [5, 5.41) is 0. The van der Waals surface area contributed by atoms with Gasteiger partial charge in [-0.3, -0.25) is 0 Å². The number of rotatable bonds is 2. The van der Waals surface area contributed by atoms with Crippen molar-refractivity contribution in [1.82, 2.24) is 4.90 Å². The van der Waals surface area contributed by atoms with Crippen molar-refractivity contribution in [2.45, 2.75) is 59.1 Å². The Morgan fingerprint density at radius 3 is 2.57 bits per heavy atom. The van der Waals surface area contributed by atoms with Crippen LogP contribution in [0.4, 0.5) is 9.18 Å². The topological polar surface area (TPSA) is 38.8 Å². The number of fused-ring (bicyclic) bond motifs is 1. The van der Waals surface area contributed by atoms with Gasteiger partial charge in [0.2, 0.25) is 0 Å². The first-order valence-corrected chi connectivity index (χ1v) is 7.98. The Balaban J connectivity index is 2.41. The molecule has 0 bridgehead atoms. The van der Waals surface area contributed by atoms with Crippen molar-refractivity contribution >= 4 is 6.09 Å². The third-order valence-corrected chi connectivity index (χ3v) is 3.78. The summed E-state index contributed by atoms with van der Waals surface area (Å²) in [6.45, 7) is 12.4. The maximum Gasteiger partial charge on any atom is 0.410 e. The number of nitrogens with zero attached hydrogens (tertiary/aromatic N) is 1. The molecule has 1 aromatic rings. The van der Waals surface area contributed by atoms with Gasteiger partial charge < -0.3 is 14.4 Å². The standard InChI is InChI=1S/C18H26FNO3/c1-7-22-14-9-8-13(19)15-12(14)10-20(11-18(15,5)6)16(21)23-17(2,3)4/h8-9H,7,10-11H2,1-6H3. The number of amides is 1. The van der Waals surface area contributed by atoms with Crippen LogP contribution in [0.25, 0.3) is 0 Å². The fourth-order valence-electron chi connectivity index (χ4n) is 3.04. The van der Waals surface area contributed by atoms with E-state index in [1.165, 1.54) is 6.07 Å². The summed E-state index contributed by atoms with van der Waals surface area (Å²) in [6.07, 6.45) is -0.386. The molecule has 0 spiro atoms. The highest BCUT2D eigenvalue weighted by atomic mass is 19.1. The number of benzene rings is 1. The molecule has 0 radical (unpaired) electrons. The monoisotopic (exact) mass is 323 g/mol. The molecule has 0 aliphatic carbocycles. The average Bonchev–Trinajstić information content (AvgIpc) is 2.38. The Morgan fingerprint density at radius 2 is 2.00 bits per heavy atom. The predicted octanol–water partition coefficient (Wildman–Crippen LogP) is 4.25. The quantitative estimate of drug-likeness (QED) is 0.816. The van der Waals surface area contributed by atoms with Crippen LogP contribution in [0.3, 0.4) is 0 Å². The number of ether oxygens (including phenoxy) is 2. The van der Waals surface area contributed by atoms with Crippen LogP contribution in [-0.4, -0.2) is 29.7 Å². The third kappa shape index (κ3) is 3.77. The van der Waals surface area contributed by atoms with E-state index in [-0.39, 0.29) is 11.9 Å². The maximum absolute atomic E-state index is 14.4. The molecule has 0 fully saturated rings. The predicted molar refractivity (Wildman–Crippen MR) is 87.2 cm³/mol. The minimum atomic E-state index is -0.563. The van der Waals surface area contributed by atoms with Crippen LogP contribution in [0, 0.1) is 5.82 Å². The number of halogens is 1. The third-order valence-electron chi connectivity index (χ3n) is 3.78. The van der Waals surface area contributed by atoms with Crippen LogP contribution < -0.4 is 4.74 Å². The lowest BCUT2D eigenvalue weighted by molar-refractivity contribution is 0.0169. The Labute approximate surface area is 137 Å². The molecule has 0 N–H and O–H groups in total. The highest BCUT2D eigenvalue weighted by Gasteiger charge is 2.39. The van der Waals surface area contributed by atoms with Gasteiger partial charge in [0, 0.05) is 23.1 Å². The van der Waals surface area contributed by atoms with Gasteiger partial charge in [-0.1, -0.05) is 13.8 Å². The van der Waals surface area contributed by atoms with Gasteiger partial charge in [0.05, 0.1) is 13.2 Å². The molecule has 0 aromatic heterocycles. The summed E-state index contributed by atoms with van der Waals surface area (Å²) in [6, 6.07) is 3.07. The van der Waals surface area contributed by atoms with Gasteiger partial charge >= 0.3 is 6.09 Å². The van der Waals surface area contributed by atoms with E-state index in [1.807, 2.05) is 41.5 Å². The van der Waals surface area contributed by atoms with Crippen molar-refractivity contribution in [2.24, 2.45) is 0 Å². The van der Waals surface area contributed by atoms with Gasteiger partial charge in [-0.25, -0.2) is 9.18 Å². The van der Waals surface area contributed by atoms with Crippen LogP contribution in [0.1, 0.15) is 52.7 Å². The molecule has 0 unspecified atom stereocenters. The lowest BCUT2D eigenvalue weighted by atomic mass is 9.77. The average molecular weight is 323 g/mol. The zero-order valence-electron chi connectivity index (χ0n) is 14.8. The van der Waals surface area contributed by atoms with E-state index in [2.05, 4.69) is 0 Å². The smallest absolute Gasteiger partial charge is 0.410 e. The summed E-state index contributed by atoms with van der Waals surface area (Å²) in [5.74, 6) is 0.377. The minimum Gasteiger partial charge on any atom is -0.494 e. The molecule has 128 valence electrons. The van der Waals surface area contributed by atoms with Crippen LogP contribution in [0.2, 0.25) is 0 Å². The number of hydrogen-bond acceptors (Lipinski definition) is 3. The lowest BCUT2D eigenvalue weighted by Gasteiger charge is -2.40. The first kappa shape index (κ1) is 17.6. The summed E-state index contributed by atoms with van der Waals surface area (Å²) in [4.78, 5) is 14.1. The van der Waals surface area contributed by atoms with Crippen molar-refractivity contribution in [3.8, 4) is 5.75 Å². The Bertz CT molecular complexity index is 605. The first-order valence-electron chi connectivity index (χ1n) is 7.98. The molecule has 5 heteroatoms. The fourth-order valence-corrected chi connectivity index (χ4v) is 3.04. The molecule has 1 amide bonds. The number of hydrogen-bond donors (Lipinski definition) is 0. The van der Waals surface area contributed by atoms with E-state index in [0.29, 0.717) is 31.0 Å². The van der Waals surface area contributed by atoms with Crippen molar-refractivity contribution in [2.75, 3.05) is 13.2 Å². The van der Waals surface area contributed by atoms with E-state index >= 15 is 0 Å². The highest BCUT2D eigenvalue weighted by Crippen LogP contribution is 2.40. The normalized spacial score (nSPS) is 16.7. The Morgan fingerprint density at radius 1 is 1.35 bits per heavy atom. The van der Waals surface area contributed by atoms with Gasteiger partial charge in [0.15, 0.2) is 0 Å². The second kappa shape index (κ2) is 6.02. The molecule has 1 aliphatic rings. The van der Waals surface area contributed by atoms with Crippen molar-refractivity contribution in [3.05, 3.63) is 29.1 Å². The molecular weight excluding hydrogens is 297 g/mol. The Hall–Kier alpha value is -1.78. The molecule has 1 heterocycles. The molecule has 0 saturated carbocycles. The van der Waals surface area contributed by atoms with E-state index in [0.717, 1.165) is 5.56 Å². The van der Waals surface area contributed by atoms with E-state index in [9.17, 15) is 9.18 Å². The number of carbonyl (C=O) groups is 1. The molecular formula is C18H26FNO3. The summed E-state index contributed by atoms with van der Waals surface area (Å²) in [7, 11) is 0. The van der Waals surface area contributed by atoms with E-state index in [4.69, 9.17) is 9.47 Å². The summed E-state index contributed by atoms with van der Waals surface area (Å²) in [5.41, 5.74) is 0.283. The molecule has 1 aromatic carbocycles. The van der Waals surface area contributed by atoms with E-state index in [1.54, 1.807) is 11.0 Å². The van der Waals surface area contributed by atoms with Gasteiger partial charge in [-0.15, -0.1) is 0 Å². The van der Waals surface area contributed by atoms with Gasteiger partial charge in [0.25, 0.3) is 0 Å². The summed E-state index contributed by atoms with van der Waals surface area (Å²) >= 11 is 0. The highest BCUT2D eigenvalue weighted by molar-refractivity contribution is 5.69. The SMILES string of the molecule is CCOc1ccc(F)c2c1CN(C(=O)OC(C)(C)C)CC2(C)C. The summed E-state index contributed by atoms with van der Waals surface area (Å²) < 4.78 is 25.5. The second-order valence-corrected chi connectivity index (χ2v) is 7.55.